The Hall–Kier alpha value is -1.56. The van der Waals surface area contributed by atoms with Crippen LogP contribution < -0.4 is 4.90 Å². The van der Waals surface area contributed by atoms with E-state index < -0.39 is 0 Å². The SMILES string of the molecule is CCN1CC(CC)(CC)c2cc(F)c(C#N)cc21. The summed E-state index contributed by atoms with van der Waals surface area (Å²) in [7, 11) is 0. The third kappa shape index (κ3) is 1.68. The molecule has 96 valence electrons. The number of nitrogens with zero attached hydrogens (tertiary/aromatic N) is 2. The Kier molecular flexibility index (Phi) is 3.30. The second-order valence-corrected chi connectivity index (χ2v) is 4.96. The quantitative estimate of drug-likeness (QED) is 0.814. The number of benzene rings is 1. The first-order valence-electron chi connectivity index (χ1n) is 6.61. The molecule has 3 heteroatoms. The van der Waals surface area contributed by atoms with Gasteiger partial charge in [-0.25, -0.2) is 4.39 Å². The second-order valence-electron chi connectivity index (χ2n) is 4.96. The maximum atomic E-state index is 13.9. The summed E-state index contributed by atoms with van der Waals surface area (Å²) in [5.41, 5.74) is 2.31. The minimum absolute atomic E-state index is 0.0418. The molecule has 1 heterocycles. The predicted octanol–water partition coefficient (Wildman–Crippen LogP) is 3.60. The summed E-state index contributed by atoms with van der Waals surface area (Å²) in [6.07, 6.45) is 2.00. The standard InChI is InChI=1S/C15H19FN2/c1-4-15(5-2)10-18(6-3)14-7-11(9-17)13(16)8-12(14)15/h7-8H,4-6,10H2,1-3H3. The summed E-state index contributed by atoms with van der Waals surface area (Å²) in [5, 5.41) is 8.94. The second kappa shape index (κ2) is 4.61. The van der Waals surface area contributed by atoms with Crippen molar-refractivity contribution in [3.8, 4) is 6.07 Å². The lowest BCUT2D eigenvalue weighted by Crippen LogP contribution is -2.32. The van der Waals surface area contributed by atoms with Crippen molar-refractivity contribution in [2.45, 2.75) is 39.0 Å². The highest BCUT2D eigenvalue weighted by molar-refractivity contribution is 5.65. The highest BCUT2D eigenvalue weighted by Gasteiger charge is 2.40. The zero-order valence-corrected chi connectivity index (χ0v) is 11.3. The topological polar surface area (TPSA) is 27.0 Å². The Morgan fingerprint density at radius 3 is 2.50 bits per heavy atom. The molecule has 0 N–H and O–H groups in total. The van der Waals surface area contributed by atoms with Crippen molar-refractivity contribution < 1.29 is 4.39 Å². The fourth-order valence-electron chi connectivity index (χ4n) is 3.01. The number of hydrogen-bond donors (Lipinski definition) is 0. The van der Waals surface area contributed by atoms with Crippen LogP contribution in [0.3, 0.4) is 0 Å². The van der Waals surface area contributed by atoms with Crippen molar-refractivity contribution in [2.24, 2.45) is 0 Å². The molecule has 18 heavy (non-hydrogen) atoms. The van der Waals surface area contributed by atoms with Crippen molar-refractivity contribution in [2.75, 3.05) is 18.0 Å². The Balaban J connectivity index is 2.63. The lowest BCUT2D eigenvalue weighted by atomic mass is 9.77. The molecule has 1 aromatic carbocycles. The van der Waals surface area contributed by atoms with Crippen molar-refractivity contribution in [3.63, 3.8) is 0 Å². The molecule has 1 aliphatic heterocycles. The molecule has 2 rings (SSSR count). The highest BCUT2D eigenvalue weighted by Crippen LogP contribution is 2.45. The Labute approximate surface area is 108 Å². The largest absolute Gasteiger partial charge is 0.371 e. The normalized spacial score (nSPS) is 16.5. The van der Waals surface area contributed by atoms with Gasteiger partial charge in [-0.1, -0.05) is 13.8 Å². The number of anilines is 1. The number of hydrogen-bond acceptors (Lipinski definition) is 2. The fourth-order valence-corrected chi connectivity index (χ4v) is 3.01. The van der Waals surface area contributed by atoms with E-state index in [0.717, 1.165) is 37.2 Å². The molecule has 1 aromatic rings. The van der Waals surface area contributed by atoms with Gasteiger partial charge in [0.15, 0.2) is 0 Å². The first-order chi connectivity index (χ1) is 8.61. The molecule has 0 fully saturated rings. The molecular formula is C15H19FN2. The van der Waals surface area contributed by atoms with Gasteiger partial charge in [0, 0.05) is 24.2 Å². The summed E-state index contributed by atoms with van der Waals surface area (Å²) in [4.78, 5) is 2.25. The number of fused-ring (bicyclic) bond motifs is 1. The molecular weight excluding hydrogens is 227 g/mol. The third-order valence-electron chi connectivity index (χ3n) is 4.35. The fraction of sp³-hybridized carbons (Fsp3) is 0.533. The maximum Gasteiger partial charge on any atom is 0.141 e. The van der Waals surface area contributed by atoms with Gasteiger partial charge in [0.05, 0.1) is 5.56 Å². The van der Waals surface area contributed by atoms with Crippen LogP contribution >= 0.6 is 0 Å². The number of halogens is 1. The lowest BCUT2D eigenvalue weighted by molar-refractivity contribution is 0.419. The Bertz CT molecular complexity index is 498. The van der Waals surface area contributed by atoms with Gasteiger partial charge in [0.1, 0.15) is 11.9 Å². The van der Waals surface area contributed by atoms with Crippen molar-refractivity contribution in [1.82, 2.24) is 0 Å². The molecule has 0 spiro atoms. The van der Waals surface area contributed by atoms with E-state index in [4.69, 9.17) is 5.26 Å². The minimum atomic E-state index is -0.388. The van der Waals surface area contributed by atoms with E-state index >= 15 is 0 Å². The van der Waals surface area contributed by atoms with E-state index in [1.165, 1.54) is 0 Å². The minimum Gasteiger partial charge on any atom is -0.371 e. The Morgan fingerprint density at radius 2 is 2.00 bits per heavy atom. The summed E-state index contributed by atoms with van der Waals surface area (Å²) in [6.45, 7) is 8.23. The van der Waals surface area contributed by atoms with E-state index in [1.807, 2.05) is 6.07 Å². The molecule has 1 aliphatic rings. The van der Waals surface area contributed by atoms with Crippen molar-refractivity contribution in [3.05, 3.63) is 29.1 Å². The zero-order valence-electron chi connectivity index (χ0n) is 11.3. The first-order valence-corrected chi connectivity index (χ1v) is 6.61. The van der Waals surface area contributed by atoms with Crippen LogP contribution in [0.4, 0.5) is 10.1 Å². The van der Waals surface area contributed by atoms with E-state index in [9.17, 15) is 4.39 Å². The van der Waals surface area contributed by atoms with Gasteiger partial charge in [-0.15, -0.1) is 0 Å². The smallest absolute Gasteiger partial charge is 0.141 e. The van der Waals surface area contributed by atoms with Crippen LogP contribution in [0.25, 0.3) is 0 Å². The van der Waals surface area contributed by atoms with Crippen LogP contribution in [0.2, 0.25) is 0 Å². The molecule has 0 aromatic heterocycles. The summed E-state index contributed by atoms with van der Waals surface area (Å²) < 4.78 is 13.9. The number of likely N-dealkylation sites (N-methyl/N-ethyl adjacent to an activating group) is 1. The molecule has 0 saturated carbocycles. The zero-order chi connectivity index (χ0) is 13.3. The van der Waals surface area contributed by atoms with Crippen LogP contribution in [-0.2, 0) is 5.41 Å². The number of rotatable bonds is 3. The molecule has 0 atom stereocenters. The van der Waals surface area contributed by atoms with Gasteiger partial charge in [-0.2, -0.15) is 5.26 Å². The molecule has 0 amide bonds. The molecule has 0 radical (unpaired) electrons. The molecule has 0 bridgehead atoms. The van der Waals surface area contributed by atoms with Gasteiger partial charge in [0.25, 0.3) is 0 Å². The van der Waals surface area contributed by atoms with Crippen LogP contribution in [0.5, 0.6) is 0 Å². The highest BCUT2D eigenvalue weighted by atomic mass is 19.1. The van der Waals surface area contributed by atoms with Gasteiger partial charge >= 0.3 is 0 Å². The first kappa shape index (κ1) is 12.9. The van der Waals surface area contributed by atoms with Crippen LogP contribution in [0.15, 0.2) is 12.1 Å². The van der Waals surface area contributed by atoms with Crippen LogP contribution in [0, 0.1) is 17.1 Å². The summed E-state index contributed by atoms with van der Waals surface area (Å²) >= 11 is 0. The average Bonchev–Trinajstić information content (AvgIpc) is 2.71. The van der Waals surface area contributed by atoms with E-state index in [0.29, 0.717) is 0 Å². The summed E-state index contributed by atoms with van der Waals surface area (Å²) in [5.74, 6) is -0.388. The monoisotopic (exact) mass is 246 g/mol. The van der Waals surface area contributed by atoms with Crippen LogP contribution in [0.1, 0.15) is 44.7 Å². The van der Waals surface area contributed by atoms with Crippen molar-refractivity contribution in [1.29, 1.82) is 5.26 Å². The lowest BCUT2D eigenvalue weighted by Gasteiger charge is -2.27. The maximum absolute atomic E-state index is 13.9. The van der Waals surface area contributed by atoms with Crippen LogP contribution in [-0.4, -0.2) is 13.1 Å². The van der Waals surface area contributed by atoms with E-state index in [-0.39, 0.29) is 16.8 Å². The number of nitriles is 1. The van der Waals surface area contributed by atoms with E-state index in [1.54, 1.807) is 12.1 Å². The molecule has 2 nitrogen and oxygen atoms in total. The predicted molar refractivity (Wildman–Crippen MR) is 71.3 cm³/mol. The van der Waals surface area contributed by atoms with Gasteiger partial charge in [-0.3, -0.25) is 0 Å². The van der Waals surface area contributed by atoms with Crippen molar-refractivity contribution >= 4 is 5.69 Å². The molecule has 0 unspecified atom stereocenters. The van der Waals surface area contributed by atoms with Gasteiger partial charge in [0.2, 0.25) is 0 Å². The van der Waals surface area contributed by atoms with Gasteiger partial charge < -0.3 is 4.90 Å². The summed E-state index contributed by atoms with van der Waals surface area (Å²) in [6, 6.07) is 5.22. The average molecular weight is 246 g/mol. The Morgan fingerprint density at radius 1 is 1.33 bits per heavy atom. The van der Waals surface area contributed by atoms with Gasteiger partial charge in [-0.05, 0) is 37.5 Å². The third-order valence-corrected chi connectivity index (χ3v) is 4.35. The molecule has 0 aliphatic carbocycles. The molecule has 0 saturated heterocycles. The van der Waals surface area contributed by atoms with E-state index in [2.05, 4.69) is 25.7 Å².